The molecule has 0 N–H and O–H groups in total. The number of aromatic nitrogens is 1. The largest absolute Gasteiger partial charge is 0.467 e. The third-order valence-corrected chi connectivity index (χ3v) is 7.53. The number of fused-ring (bicyclic) bond motifs is 1. The van der Waals surface area contributed by atoms with Gasteiger partial charge in [-0.25, -0.2) is 14.8 Å². The van der Waals surface area contributed by atoms with E-state index in [1.54, 1.807) is 42.7 Å². The first-order chi connectivity index (χ1) is 18.6. The summed E-state index contributed by atoms with van der Waals surface area (Å²) in [5, 5.41) is 7.21. The molecule has 2 aromatic heterocycles. The van der Waals surface area contributed by atoms with E-state index in [4.69, 9.17) is 20.8 Å². The molecule has 1 aliphatic rings. The molecule has 7 nitrogen and oxygen atoms in total. The third-order valence-electron chi connectivity index (χ3n) is 6.21. The Morgan fingerprint density at radius 3 is 2.58 bits per heavy atom. The second kappa shape index (κ2) is 10.2. The highest BCUT2D eigenvalue weighted by Gasteiger charge is 2.35. The Kier molecular flexibility index (Phi) is 6.49. The van der Waals surface area contributed by atoms with E-state index in [9.17, 15) is 9.59 Å². The van der Waals surface area contributed by atoms with Gasteiger partial charge in [-0.05, 0) is 48.0 Å². The number of ether oxygens (including phenoxy) is 1. The average molecular weight is 542 g/mol. The van der Waals surface area contributed by atoms with Crippen molar-refractivity contribution in [3.8, 4) is 10.6 Å². The zero-order valence-electron chi connectivity index (χ0n) is 19.9. The molecule has 0 radical (unpaired) electrons. The minimum atomic E-state index is -0.608. The number of amides is 1. The van der Waals surface area contributed by atoms with Crippen molar-refractivity contribution in [3.63, 3.8) is 0 Å². The molecule has 3 aromatic carbocycles. The van der Waals surface area contributed by atoms with Gasteiger partial charge in [0.2, 0.25) is 0 Å². The number of hydrazone groups is 1. The van der Waals surface area contributed by atoms with E-state index >= 15 is 0 Å². The number of hydrogen-bond acceptors (Lipinski definition) is 7. The number of halogens is 1. The van der Waals surface area contributed by atoms with E-state index in [2.05, 4.69) is 10.1 Å². The van der Waals surface area contributed by atoms with Crippen molar-refractivity contribution >= 4 is 50.7 Å². The Bertz CT molecular complexity index is 1630. The van der Waals surface area contributed by atoms with Gasteiger partial charge < -0.3 is 9.15 Å². The highest BCUT2D eigenvalue weighted by molar-refractivity contribution is 7.21. The van der Waals surface area contributed by atoms with Crippen molar-refractivity contribution in [2.24, 2.45) is 5.10 Å². The zero-order chi connectivity index (χ0) is 26.1. The van der Waals surface area contributed by atoms with Crippen molar-refractivity contribution in [2.75, 3.05) is 6.61 Å². The fourth-order valence-electron chi connectivity index (χ4n) is 4.37. The second-order valence-electron chi connectivity index (χ2n) is 8.64. The van der Waals surface area contributed by atoms with E-state index in [0.29, 0.717) is 39.0 Å². The molecule has 0 spiro atoms. The predicted octanol–water partition coefficient (Wildman–Crippen LogP) is 6.74. The van der Waals surface area contributed by atoms with Gasteiger partial charge in [-0.15, -0.1) is 11.3 Å². The third kappa shape index (κ3) is 4.71. The number of nitrogens with zero attached hydrogens (tertiary/aromatic N) is 3. The van der Waals surface area contributed by atoms with E-state index in [1.807, 2.05) is 48.5 Å². The summed E-state index contributed by atoms with van der Waals surface area (Å²) < 4.78 is 12.1. The van der Waals surface area contributed by atoms with E-state index in [0.717, 1.165) is 15.8 Å². The number of esters is 1. The van der Waals surface area contributed by atoms with Crippen LogP contribution in [0.4, 0.5) is 0 Å². The minimum Gasteiger partial charge on any atom is -0.467 e. The number of benzene rings is 3. The van der Waals surface area contributed by atoms with Gasteiger partial charge in [-0.2, -0.15) is 5.10 Å². The van der Waals surface area contributed by atoms with Crippen molar-refractivity contribution in [3.05, 3.63) is 113 Å². The lowest BCUT2D eigenvalue weighted by atomic mass is 10.0. The van der Waals surface area contributed by atoms with Crippen LogP contribution in [0.1, 0.15) is 34.1 Å². The second-order valence-corrected chi connectivity index (χ2v) is 10.1. The van der Waals surface area contributed by atoms with Gasteiger partial charge in [0.25, 0.3) is 5.91 Å². The number of carbonyl (C=O) groups is 2. The molecular weight excluding hydrogens is 522 g/mol. The van der Waals surface area contributed by atoms with Crippen LogP contribution in [0.15, 0.2) is 101 Å². The molecule has 6 rings (SSSR count). The highest BCUT2D eigenvalue weighted by Crippen LogP contribution is 2.34. The zero-order valence-corrected chi connectivity index (χ0v) is 21.5. The van der Waals surface area contributed by atoms with Crippen LogP contribution in [-0.4, -0.2) is 34.2 Å². The first-order valence-corrected chi connectivity index (χ1v) is 13.1. The van der Waals surface area contributed by atoms with Gasteiger partial charge in [0.05, 0.1) is 27.8 Å². The Morgan fingerprint density at radius 1 is 1.00 bits per heavy atom. The van der Waals surface area contributed by atoms with Crippen LogP contribution in [0.5, 0.6) is 0 Å². The molecule has 0 bridgehead atoms. The van der Waals surface area contributed by atoms with E-state index < -0.39 is 24.5 Å². The normalized spacial score (nSPS) is 15.0. The lowest BCUT2D eigenvalue weighted by Crippen LogP contribution is -2.31. The molecule has 0 unspecified atom stereocenters. The molecule has 38 heavy (non-hydrogen) atoms. The maximum Gasteiger partial charge on any atom is 0.339 e. The molecule has 188 valence electrons. The first-order valence-electron chi connectivity index (χ1n) is 11.9. The fraction of sp³-hybridized carbons (Fsp3) is 0.103. The van der Waals surface area contributed by atoms with E-state index in [-0.39, 0.29) is 0 Å². The maximum absolute atomic E-state index is 13.3. The minimum absolute atomic E-state index is 0.341. The number of para-hydroxylation sites is 1. The number of rotatable bonds is 6. The molecule has 1 aliphatic heterocycles. The van der Waals surface area contributed by atoms with Crippen molar-refractivity contribution in [2.45, 2.75) is 12.5 Å². The molecule has 0 aliphatic carbocycles. The summed E-state index contributed by atoms with van der Waals surface area (Å²) in [6.07, 6.45) is 2.01. The first kappa shape index (κ1) is 24.1. The van der Waals surface area contributed by atoms with Crippen LogP contribution < -0.4 is 0 Å². The highest BCUT2D eigenvalue weighted by atomic mass is 35.5. The van der Waals surface area contributed by atoms with Crippen LogP contribution >= 0.6 is 22.9 Å². The van der Waals surface area contributed by atoms with Gasteiger partial charge in [-0.3, -0.25) is 4.79 Å². The maximum atomic E-state index is 13.3. The number of thiazole rings is 1. The van der Waals surface area contributed by atoms with Gasteiger partial charge in [0.1, 0.15) is 16.8 Å². The molecule has 0 fully saturated rings. The summed E-state index contributed by atoms with van der Waals surface area (Å²) in [5.74, 6) is -0.469. The average Bonchev–Trinajstić information content (AvgIpc) is 3.71. The molecule has 0 saturated heterocycles. The van der Waals surface area contributed by atoms with E-state index in [1.165, 1.54) is 16.3 Å². The van der Waals surface area contributed by atoms with Crippen LogP contribution in [0.3, 0.4) is 0 Å². The molecule has 5 aromatic rings. The van der Waals surface area contributed by atoms with Crippen LogP contribution in [0.25, 0.3) is 20.8 Å². The molecule has 3 heterocycles. The Balaban J connectivity index is 1.22. The number of furan rings is 1. The summed E-state index contributed by atoms with van der Waals surface area (Å²) in [6, 6.07) is 25.3. The Hall–Kier alpha value is -4.27. The monoisotopic (exact) mass is 541 g/mol. The van der Waals surface area contributed by atoms with Crippen molar-refractivity contribution in [1.29, 1.82) is 0 Å². The Morgan fingerprint density at radius 2 is 1.79 bits per heavy atom. The molecular formula is C29H20ClN3O4S. The van der Waals surface area contributed by atoms with Crippen LogP contribution in [-0.2, 0) is 9.53 Å². The molecule has 9 heteroatoms. The van der Waals surface area contributed by atoms with Crippen molar-refractivity contribution in [1.82, 2.24) is 9.99 Å². The lowest BCUT2D eigenvalue weighted by Gasteiger charge is -2.19. The summed E-state index contributed by atoms with van der Waals surface area (Å²) in [5.41, 5.74) is 3.42. The summed E-state index contributed by atoms with van der Waals surface area (Å²) in [4.78, 5) is 31.0. The van der Waals surface area contributed by atoms with Gasteiger partial charge in [0.15, 0.2) is 6.61 Å². The SMILES string of the molecule is O=C(OCC(=O)N1N=C(c2ccc(Cl)cc2)C[C@@H]1c1ccco1)c1ccccc1-c1nc2ccccc2s1. The molecule has 1 amide bonds. The predicted molar refractivity (Wildman–Crippen MR) is 146 cm³/mol. The molecule has 1 atom stereocenters. The fourth-order valence-corrected chi connectivity index (χ4v) is 5.50. The summed E-state index contributed by atoms with van der Waals surface area (Å²) in [6.45, 7) is -0.471. The summed E-state index contributed by atoms with van der Waals surface area (Å²) in [7, 11) is 0. The standard InChI is InChI=1S/C29H20ClN3O4S/c30-19-13-11-18(12-14-19)23-16-24(25-9-5-15-36-25)33(32-23)27(34)17-37-29(35)21-7-2-1-6-20(21)28-31-22-8-3-4-10-26(22)38-28/h1-15,24H,16-17H2/t24-/m1/s1. The van der Waals surface area contributed by atoms with Crippen molar-refractivity contribution < 1.29 is 18.7 Å². The Labute approximate surface area is 226 Å². The topological polar surface area (TPSA) is 85.0 Å². The van der Waals surface area contributed by atoms with Crippen LogP contribution in [0, 0.1) is 0 Å². The van der Waals surface area contributed by atoms with Gasteiger partial charge in [0, 0.05) is 17.0 Å². The quantitative estimate of drug-likeness (QED) is 0.222. The smallest absolute Gasteiger partial charge is 0.339 e. The molecule has 0 saturated carbocycles. The lowest BCUT2D eigenvalue weighted by molar-refractivity contribution is -0.136. The summed E-state index contributed by atoms with van der Waals surface area (Å²) >= 11 is 7.52. The van der Waals surface area contributed by atoms with Gasteiger partial charge >= 0.3 is 5.97 Å². The number of hydrogen-bond donors (Lipinski definition) is 0. The number of carbonyl (C=O) groups excluding carboxylic acids is 2. The van der Waals surface area contributed by atoms with Gasteiger partial charge in [-0.1, -0.05) is 54.1 Å². The van der Waals surface area contributed by atoms with Crippen LogP contribution in [0.2, 0.25) is 5.02 Å².